The molecule has 0 aliphatic carbocycles. The van der Waals surface area contributed by atoms with Crippen molar-refractivity contribution >= 4 is 0 Å². The third-order valence-electron chi connectivity index (χ3n) is 3.99. The van der Waals surface area contributed by atoms with E-state index in [1.54, 1.807) is 0 Å². The molecule has 19 heavy (non-hydrogen) atoms. The van der Waals surface area contributed by atoms with Crippen molar-refractivity contribution in [3.8, 4) is 0 Å². The van der Waals surface area contributed by atoms with Crippen molar-refractivity contribution in [3.05, 3.63) is 18.2 Å². The zero-order chi connectivity index (χ0) is 14.0. The van der Waals surface area contributed by atoms with E-state index in [0.717, 1.165) is 31.9 Å². The van der Waals surface area contributed by atoms with Gasteiger partial charge in [-0.05, 0) is 20.8 Å². The van der Waals surface area contributed by atoms with Gasteiger partial charge in [-0.25, -0.2) is 4.98 Å². The Morgan fingerprint density at radius 3 is 2.32 bits per heavy atom. The molecule has 0 amide bonds. The molecule has 2 N–H and O–H groups in total. The van der Waals surface area contributed by atoms with Gasteiger partial charge in [0.1, 0.15) is 0 Å². The van der Waals surface area contributed by atoms with Crippen LogP contribution in [0.2, 0.25) is 0 Å². The minimum atomic E-state index is 0.253. The molecule has 1 atom stereocenters. The van der Waals surface area contributed by atoms with E-state index >= 15 is 0 Å². The van der Waals surface area contributed by atoms with Crippen molar-refractivity contribution in [2.24, 2.45) is 12.8 Å². The largest absolute Gasteiger partial charge is 0.340 e. The quantitative estimate of drug-likeness (QED) is 0.880. The van der Waals surface area contributed by atoms with Crippen LogP contribution in [-0.4, -0.2) is 57.6 Å². The van der Waals surface area contributed by atoms with Crippen LogP contribution in [0.15, 0.2) is 12.5 Å². The van der Waals surface area contributed by atoms with E-state index in [1.807, 2.05) is 17.9 Å². The van der Waals surface area contributed by atoms with Gasteiger partial charge in [-0.3, -0.25) is 9.80 Å². The highest BCUT2D eigenvalue weighted by molar-refractivity contribution is 5.05. The summed E-state index contributed by atoms with van der Waals surface area (Å²) < 4.78 is 1.99. The molecule has 1 aromatic rings. The van der Waals surface area contributed by atoms with Crippen LogP contribution in [0.1, 0.15) is 32.5 Å². The molecule has 2 rings (SSSR count). The summed E-state index contributed by atoms with van der Waals surface area (Å²) in [6.07, 6.45) is 3.93. The molecule has 1 fully saturated rings. The highest BCUT2D eigenvalue weighted by Crippen LogP contribution is 2.22. The molecule has 5 heteroatoms. The van der Waals surface area contributed by atoms with E-state index in [2.05, 4.69) is 41.8 Å². The summed E-state index contributed by atoms with van der Waals surface area (Å²) in [7, 11) is 2.00. The zero-order valence-electron chi connectivity index (χ0n) is 12.6. The summed E-state index contributed by atoms with van der Waals surface area (Å²) in [6.45, 7) is 11.8. The number of nitrogens with zero attached hydrogens (tertiary/aromatic N) is 4. The molecule has 0 aromatic carbocycles. The molecule has 2 heterocycles. The molecule has 0 radical (unpaired) electrons. The highest BCUT2D eigenvalue weighted by Gasteiger charge is 2.29. The van der Waals surface area contributed by atoms with Gasteiger partial charge < -0.3 is 10.3 Å². The summed E-state index contributed by atoms with van der Waals surface area (Å²) in [5, 5.41) is 0. The molecule has 1 unspecified atom stereocenters. The van der Waals surface area contributed by atoms with Gasteiger partial charge >= 0.3 is 0 Å². The first-order chi connectivity index (χ1) is 8.91. The van der Waals surface area contributed by atoms with Gasteiger partial charge in [0.2, 0.25) is 0 Å². The summed E-state index contributed by atoms with van der Waals surface area (Å²) >= 11 is 0. The van der Waals surface area contributed by atoms with Gasteiger partial charge in [0.25, 0.3) is 0 Å². The van der Waals surface area contributed by atoms with E-state index < -0.39 is 0 Å². The van der Waals surface area contributed by atoms with Crippen LogP contribution in [0.3, 0.4) is 0 Å². The third kappa shape index (κ3) is 3.35. The molecule has 1 aliphatic heterocycles. The summed E-state index contributed by atoms with van der Waals surface area (Å²) in [5.74, 6) is 0. The molecule has 1 aliphatic rings. The smallest absolute Gasteiger partial charge is 0.0947 e. The predicted molar refractivity (Wildman–Crippen MR) is 77.9 cm³/mol. The second-order valence-electron chi connectivity index (χ2n) is 6.41. The normalized spacial score (nSPS) is 20.7. The first-order valence-corrected chi connectivity index (χ1v) is 7.09. The van der Waals surface area contributed by atoms with Crippen LogP contribution in [0.4, 0.5) is 0 Å². The lowest BCUT2D eigenvalue weighted by Gasteiger charge is -2.44. The van der Waals surface area contributed by atoms with Crippen molar-refractivity contribution in [2.75, 3.05) is 32.7 Å². The van der Waals surface area contributed by atoms with E-state index in [4.69, 9.17) is 5.73 Å². The molecular weight excluding hydrogens is 238 g/mol. The highest BCUT2D eigenvalue weighted by atomic mass is 15.3. The molecule has 0 bridgehead atoms. The fourth-order valence-electron chi connectivity index (χ4n) is 2.77. The minimum Gasteiger partial charge on any atom is -0.340 e. The van der Waals surface area contributed by atoms with E-state index in [0.29, 0.717) is 6.54 Å². The minimum absolute atomic E-state index is 0.253. The first-order valence-electron chi connectivity index (χ1n) is 7.09. The summed E-state index contributed by atoms with van der Waals surface area (Å²) in [4.78, 5) is 9.46. The van der Waals surface area contributed by atoms with Crippen LogP contribution in [0, 0.1) is 0 Å². The Balaban J connectivity index is 1.99. The van der Waals surface area contributed by atoms with Gasteiger partial charge in [0.05, 0.1) is 18.1 Å². The number of aromatic nitrogens is 2. The lowest BCUT2D eigenvalue weighted by molar-refractivity contribution is 0.0426. The maximum Gasteiger partial charge on any atom is 0.0947 e. The number of aryl methyl sites for hydroxylation is 1. The number of rotatable bonds is 3. The monoisotopic (exact) mass is 265 g/mol. The Morgan fingerprint density at radius 2 is 1.89 bits per heavy atom. The molecule has 108 valence electrons. The fourth-order valence-corrected chi connectivity index (χ4v) is 2.77. The first kappa shape index (κ1) is 14.5. The van der Waals surface area contributed by atoms with Crippen LogP contribution in [0.25, 0.3) is 0 Å². The molecule has 0 spiro atoms. The van der Waals surface area contributed by atoms with E-state index in [1.165, 1.54) is 0 Å². The van der Waals surface area contributed by atoms with Crippen LogP contribution < -0.4 is 5.73 Å². The van der Waals surface area contributed by atoms with E-state index in [9.17, 15) is 0 Å². The average molecular weight is 265 g/mol. The van der Waals surface area contributed by atoms with Gasteiger partial charge in [-0.15, -0.1) is 0 Å². The van der Waals surface area contributed by atoms with Gasteiger partial charge in [0.15, 0.2) is 0 Å². The lowest BCUT2D eigenvalue weighted by atomic mass is 10.0. The SMILES string of the molecule is Cn1cnc(C(CN)N2CCN(C(C)(C)C)CC2)c1. The molecule has 5 nitrogen and oxygen atoms in total. The maximum atomic E-state index is 5.96. The number of hydrogen-bond acceptors (Lipinski definition) is 4. The van der Waals surface area contributed by atoms with Crippen molar-refractivity contribution in [3.63, 3.8) is 0 Å². The Hall–Kier alpha value is -0.910. The van der Waals surface area contributed by atoms with Gasteiger partial charge in [0, 0.05) is 51.5 Å². The average Bonchev–Trinajstić information content (AvgIpc) is 2.76. The second kappa shape index (κ2) is 5.61. The Kier molecular flexibility index (Phi) is 4.28. The van der Waals surface area contributed by atoms with Crippen molar-refractivity contribution in [2.45, 2.75) is 32.4 Å². The standard InChI is InChI=1S/C14H27N5/c1-14(2,3)19-7-5-18(6-8-19)13(9-15)12-10-17(4)11-16-12/h10-11,13H,5-9,15H2,1-4H3. The zero-order valence-corrected chi connectivity index (χ0v) is 12.6. The molecular formula is C14H27N5. The van der Waals surface area contributed by atoms with E-state index in [-0.39, 0.29) is 11.6 Å². The number of piperazine rings is 1. The van der Waals surface area contributed by atoms with Crippen LogP contribution >= 0.6 is 0 Å². The Morgan fingerprint density at radius 1 is 1.26 bits per heavy atom. The third-order valence-corrected chi connectivity index (χ3v) is 3.99. The molecule has 0 saturated carbocycles. The van der Waals surface area contributed by atoms with Crippen LogP contribution in [-0.2, 0) is 7.05 Å². The maximum absolute atomic E-state index is 5.96. The number of nitrogens with two attached hydrogens (primary N) is 1. The van der Waals surface area contributed by atoms with Crippen molar-refractivity contribution in [1.29, 1.82) is 0 Å². The molecule has 1 saturated heterocycles. The topological polar surface area (TPSA) is 50.3 Å². The predicted octanol–water partition coefficient (Wildman–Crippen LogP) is 0.836. The second-order valence-corrected chi connectivity index (χ2v) is 6.41. The Labute approximate surface area is 116 Å². The van der Waals surface area contributed by atoms with Crippen LogP contribution in [0.5, 0.6) is 0 Å². The summed E-state index contributed by atoms with van der Waals surface area (Å²) in [6, 6.07) is 0.253. The number of hydrogen-bond donors (Lipinski definition) is 1. The lowest BCUT2D eigenvalue weighted by Crippen LogP contribution is -2.54. The Bertz CT molecular complexity index is 398. The van der Waals surface area contributed by atoms with Gasteiger partial charge in [-0.2, -0.15) is 0 Å². The number of imidazole rings is 1. The summed E-state index contributed by atoms with van der Waals surface area (Å²) in [5.41, 5.74) is 7.31. The van der Waals surface area contributed by atoms with Crippen molar-refractivity contribution in [1.82, 2.24) is 19.4 Å². The van der Waals surface area contributed by atoms with Crippen molar-refractivity contribution < 1.29 is 0 Å². The molecule has 1 aromatic heterocycles. The fraction of sp³-hybridized carbons (Fsp3) is 0.786. The van der Waals surface area contributed by atoms with Gasteiger partial charge in [-0.1, -0.05) is 0 Å².